The summed E-state index contributed by atoms with van der Waals surface area (Å²) in [4.78, 5) is 10.6. The molecule has 4 nitrogen and oxygen atoms in total. The monoisotopic (exact) mass is 207 g/mol. The van der Waals surface area contributed by atoms with Gasteiger partial charge in [0.1, 0.15) is 5.75 Å². The highest BCUT2D eigenvalue weighted by Crippen LogP contribution is 2.33. The van der Waals surface area contributed by atoms with Gasteiger partial charge in [0.15, 0.2) is 0 Å². The molecule has 1 unspecified atom stereocenters. The first-order valence-electron chi connectivity index (χ1n) is 4.93. The van der Waals surface area contributed by atoms with Gasteiger partial charge in [0, 0.05) is 6.54 Å². The van der Waals surface area contributed by atoms with Gasteiger partial charge in [-0.1, -0.05) is 12.1 Å². The second kappa shape index (κ2) is 3.81. The fourth-order valence-corrected chi connectivity index (χ4v) is 1.98. The molecule has 0 aliphatic carbocycles. The molecule has 0 amide bonds. The van der Waals surface area contributed by atoms with Crippen molar-refractivity contribution in [2.24, 2.45) is 5.92 Å². The van der Waals surface area contributed by atoms with Crippen molar-refractivity contribution in [3.63, 3.8) is 0 Å². The van der Waals surface area contributed by atoms with Gasteiger partial charge in [0.2, 0.25) is 0 Å². The van der Waals surface area contributed by atoms with Crippen LogP contribution in [-0.4, -0.2) is 22.7 Å². The van der Waals surface area contributed by atoms with Gasteiger partial charge >= 0.3 is 5.97 Å². The van der Waals surface area contributed by atoms with Crippen LogP contribution in [-0.2, 0) is 11.2 Å². The topological polar surface area (TPSA) is 69.6 Å². The number of aliphatic carboxylic acids is 1. The zero-order valence-corrected chi connectivity index (χ0v) is 8.23. The van der Waals surface area contributed by atoms with E-state index in [0.717, 1.165) is 11.3 Å². The molecule has 1 aromatic rings. The summed E-state index contributed by atoms with van der Waals surface area (Å²) < 4.78 is 0. The summed E-state index contributed by atoms with van der Waals surface area (Å²) in [6, 6.07) is 5.32. The average molecular weight is 207 g/mol. The van der Waals surface area contributed by atoms with Crippen LogP contribution in [0.1, 0.15) is 12.0 Å². The Bertz CT molecular complexity index is 389. The van der Waals surface area contributed by atoms with Crippen LogP contribution >= 0.6 is 0 Å². The molecule has 1 heterocycles. The minimum atomic E-state index is -0.773. The number of carboxylic acid groups (broad SMARTS) is 1. The van der Waals surface area contributed by atoms with Gasteiger partial charge in [0.05, 0.1) is 12.1 Å². The molecular formula is C11H13NO3. The summed E-state index contributed by atoms with van der Waals surface area (Å²) >= 11 is 0. The SMILES string of the molecule is O=C(O)CC1CNc2c(O)cccc2C1. The molecule has 0 bridgehead atoms. The predicted molar refractivity (Wildman–Crippen MR) is 56.0 cm³/mol. The highest BCUT2D eigenvalue weighted by Gasteiger charge is 2.21. The van der Waals surface area contributed by atoms with Crippen molar-refractivity contribution in [1.82, 2.24) is 0 Å². The molecule has 1 aliphatic heterocycles. The van der Waals surface area contributed by atoms with Crippen LogP contribution in [0.3, 0.4) is 0 Å². The predicted octanol–water partition coefficient (Wildman–Crippen LogP) is 1.45. The largest absolute Gasteiger partial charge is 0.506 e. The quantitative estimate of drug-likeness (QED) is 0.642. The van der Waals surface area contributed by atoms with E-state index in [1.165, 1.54) is 0 Å². The molecule has 3 N–H and O–H groups in total. The van der Waals surface area contributed by atoms with Crippen molar-refractivity contribution >= 4 is 11.7 Å². The number of carboxylic acids is 1. The lowest BCUT2D eigenvalue weighted by Crippen LogP contribution is -2.25. The van der Waals surface area contributed by atoms with Gasteiger partial charge in [0.25, 0.3) is 0 Å². The summed E-state index contributed by atoms with van der Waals surface area (Å²) in [6.45, 7) is 0.608. The number of phenolic OH excluding ortho intramolecular Hbond substituents is 1. The number of nitrogens with one attached hydrogen (secondary N) is 1. The van der Waals surface area contributed by atoms with E-state index in [-0.39, 0.29) is 18.1 Å². The molecular weight excluding hydrogens is 194 g/mol. The number of carbonyl (C=O) groups is 1. The van der Waals surface area contributed by atoms with Crippen molar-refractivity contribution in [2.75, 3.05) is 11.9 Å². The van der Waals surface area contributed by atoms with E-state index in [0.29, 0.717) is 13.0 Å². The molecule has 0 fully saturated rings. The zero-order valence-electron chi connectivity index (χ0n) is 8.23. The van der Waals surface area contributed by atoms with Crippen LogP contribution in [0.2, 0.25) is 0 Å². The molecule has 80 valence electrons. The summed E-state index contributed by atoms with van der Waals surface area (Å²) in [5, 5.41) is 21.3. The molecule has 1 aromatic carbocycles. The van der Waals surface area contributed by atoms with E-state index in [9.17, 15) is 9.90 Å². The van der Waals surface area contributed by atoms with Gasteiger partial charge in [-0.2, -0.15) is 0 Å². The molecule has 1 aliphatic rings. The first kappa shape index (κ1) is 9.83. The summed E-state index contributed by atoms with van der Waals surface area (Å²) in [5.41, 5.74) is 1.74. The van der Waals surface area contributed by atoms with E-state index in [4.69, 9.17) is 5.11 Å². The Morgan fingerprint density at radius 3 is 3.07 bits per heavy atom. The van der Waals surface area contributed by atoms with E-state index < -0.39 is 5.97 Å². The molecule has 0 saturated carbocycles. The highest BCUT2D eigenvalue weighted by atomic mass is 16.4. The average Bonchev–Trinajstić information content (AvgIpc) is 2.17. The van der Waals surface area contributed by atoms with Crippen molar-refractivity contribution in [3.8, 4) is 5.75 Å². The Hall–Kier alpha value is -1.71. The number of rotatable bonds is 2. The molecule has 1 atom stereocenters. The standard InChI is InChI=1S/C11H13NO3/c13-9-3-1-2-8-4-7(5-10(14)15)6-12-11(8)9/h1-3,7,12-13H,4-6H2,(H,14,15). The van der Waals surface area contributed by atoms with Crippen LogP contribution in [0.4, 0.5) is 5.69 Å². The summed E-state index contributed by atoms with van der Waals surface area (Å²) in [6.07, 6.45) is 0.880. The number of anilines is 1. The van der Waals surface area contributed by atoms with Gasteiger partial charge in [-0.3, -0.25) is 4.79 Å². The molecule has 0 spiro atoms. The molecule has 15 heavy (non-hydrogen) atoms. The Morgan fingerprint density at radius 2 is 2.33 bits per heavy atom. The van der Waals surface area contributed by atoms with Crippen LogP contribution in [0.5, 0.6) is 5.75 Å². The second-order valence-corrected chi connectivity index (χ2v) is 3.86. The van der Waals surface area contributed by atoms with Crippen LogP contribution in [0, 0.1) is 5.92 Å². The van der Waals surface area contributed by atoms with Gasteiger partial charge in [-0.05, 0) is 24.0 Å². The Kier molecular flexibility index (Phi) is 2.49. The minimum Gasteiger partial charge on any atom is -0.506 e. The number of hydrogen-bond donors (Lipinski definition) is 3. The van der Waals surface area contributed by atoms with Crippen LogP contribution in [0.25, 0.3) is 0 Å². The number of aromatic hydroxyl groups is 1. The lowest BCUT2D eigenvalue weighted by molar-refractivity contribution is -0.138. The number of para-hydroxylation sites is 1. The fraction of sp³-hybridized carbons (Fsp3) is 0.364. The van der Waals surface area contributed by atoms with Crippen molar-refractivity contribution in [3.05, 3.63) is 23.8 Å². The third-order valence-corrected chi connectivity index (χ3v) is 2.67. The first-order valence-corrected chi connectivity index (χ1v) is 4.93. The lowest BCUT2D eigenvalue weighted by Gasteiger charge is -2.25. The van der Waals surface area contributed by atoms with E-state index in [1.54, 1.807) is 12.1 Å². The highest BCUT2D eigenvalue weighted by molar-refractivity contribution is 5.68. The van der Waals surface area contributed by atoms with Crippen LogP contribution in [0.15, 0.2) is 18.2 Å². The zero-order chi connectivity index (χ0) is 10.8. The number of hydrogen-bond acceptors (Lipinski definition) is 3. The maximum Gasteiger partial charge on any atom is 0.303 e. The Morgan fingerprint density at radius 1 is 1.53 bits per heavy atom. The van der Waals surface area contributed by atoms with Crippen molar-refractivity contribution in [1.29, 1.82) is 0 Å². The fourth-order valence-electron chi connectivity index (χ4n) is 1.98. The summed E-state index contributed by atoms with van der Waals surface area (Å²) in [7, 11) is 0. The smallest absolute Gasteiger partial charge is 0.303 e. The number of fused-ring (bicyclic) bond motifs is 1. The van der Waals surface area contributed by atoms with E-state index in [2.05, 4.69) is 5.32 Å². The van der Waals surface area contributed by atoms with E-state index in [1.807, 2.05) is 6.07 Å². The Labute approximate surface area is 87.6 Å². The van der Waals surface area contributed by atoms with Gasteiger partial charge in [-0.25, -0.2) is 0 Å². The molecule has 0 saturated heterocycles. The first-order chi connectivity index (χ1) is 7.16. The normalized spacial score (nSPS) is 19.1. The van der Waals surface area contributed by atoms with Crippen molar-refractivity contribution < 1.29 is 15.0 Å². The number of phenols is 1. The van der Waals surface area contributed by atoms with Crippen molar-refractivity contribution in [2.45, 2.75) is 12.8 Å². The van der Waals surface area contributed by atoms with Gasteiger partial charge < -0.3 is 15.5 Å². The molecule has 2 rings (SSSR count). The maximum absolute atomic E-state index is 10.6. The summed E-state index contributed by atoms with van der Waals surface area (Å²) in [5.74, 6) is -0.427. The van der Waals surface area contributed by atoms with Gasteiger partial charge in [-0.15, -0.1) is 0 Å². The molecule has 4 heteroatoms. The maximum atomic E-state index is 10.6. The third-order valence-electron chi connectivity index (χ3n) is 2.67. The Balaban J connectivity index is 2.17. The molecule has 0 aromatic heterocycles. The molecule has 0 radical (unpaired) electrons. The third kappa shape index (κ3) is 2.03. The lowest BCUT2D eigenvalue weighted by atomic mass is 9.91. The minimum absolute atomic E-state index is 0.108. The van der Waals surface area contributed by atoms with E-state index >= 15 is 0 Å². The number of benzene rings is 1. The van der Waals surface area contributed by atoms with Crippen LogP contribution < -0.4 is 5.32 Å². The second-order valence-electron chi connectivity index (χ2n) is 3.86.